The highest BCUT2D eigenvalue weighted by molar-refractivity contribution is 5.19. The first-order chi connectivity index (χ1) is 8.31. The van der Waals surface area contributed by atoms with E-state index in [-0.39, 0.29) is 6.29 Å². The van der Waals surface area contributed by atoms with Gasteiger partial charge in [0.25, 0.3) is 0 Å². The smallest absolute Gasteiger partial charge is 0.159 e. The number of rotatable bonds is 3. The van der Waals surface area contributed by atoms with Crippen molar-refractivity contribution in [2.75, 3.05) is 26.8 Å². The Morgan fingerprint density at radius 3 is 2.82 bits per heavy atom. The Morgan fingerprint density at radius 1 is 1.35 bits per heavy atom. The first-order valence-corrected chi connectivity index (χ1v) is 6.29. The van der Waals surface area contributed by atoms with Crippen molar-refractivity contribution in [3.05, 3.63) is 35.9 Å². The fourth-order valence-electron chi connectivity index (χ4n) is 2.28. The van der Waals surface area contributed by atoms with Crippen molar-refractivity contribution in [1.82, 2.24) is 4.90 Å². The zero-order chi connectivity index (χ0) is 12.1. The standard InChI is InChI=1S/C14H21NO2/c1-3-16-14-11-13(15(2)9-10-17-14)12-7-5-4-6-8-12/h4-8,13-14H,3,9-11H2,1-2H3. The van der Waals surface area contributed by atoms with Gasteiger partial charge in [-0.05, 0) is 19.5 Å². The zero-order valence-corrected chi connectivity index (χ0v) is 10.6. The molecule has 3 heteroatoms. The molecule has 2 unspecified atom stereocenters. The van der Waals surface area contributed by atoms with Crippen LogP contribution in [-0.2, 0) is 9.47 Å². The second-order valence-electron chi connectivity index (χ2n) is 4.40. The molecule has 0 bridgehead atoms. The zero-order valence-electron chi connectivity index (χ0n) is 10.6. The first kappa shape index (κ1) is 12.6. The van der Waals surface area contributed by atoms with E-state index in [9.17, 15) is 0 Å². The maximum atomic E-state index is 5.70. The van der Waals surface area contributed by atoms with Crippen LogP contribution >= 0.6 is 0 Å². The van der Waals surface area contributed by atoms with E-state index in [4.69, 9.17) is 9.47 Å². The second kappa shape index (κ2) is 6.15. The van der Waals surface area contributed by atoms with Gasteiger partial charge in [0.1, 0.15) is 0 Å². The van der Waals surface area contributed by atoms with Crippen LogP contribution < -0.4 is 0 Å². The van der Waals surface area contributed by atoms with E-state index in [0.717, 1.165) is 19.6 Å². The summed E-state index contributed by atoms with van der Waals surface area (Å²) in [5.41, 5.74) is 1.34. The summed E-state index contributed by atoms with van der Waals surface area (Å²) in [6.07, 6.45) is 0.823. The molecule has 1 fully saturated rings. The van der Waals surface area contributed by atoms with E-state index in [1.165, 1.54) is 5.56 Å². The summed E-state index contributed by atoms with van der Waals surface area (Å²) in [4.78, 5) is 2.34. The molecule has 0 spiro atoms. The van der Waals surface area contributed by atoms with Crippen LogP contribution in [0.1, 0.15) is 24.9 Å². The number of benzene rings is 1. The lowest BCUT2D eigenvalue weighted by Gasteiger charge is -2.26. The van der Waals surface area contributed by atoms with Crippen LogP contribution in [0.4, 0.5) is 0 Å². The van der Waals surface area contributed by atoms with Crippen molar-refractivity contribution in [3.8, 4) is 0 Å². The fourth-order valence-corrected chi connectivity index (χ4v) is 2.28. The molecule has 1 aromatic carbocycles. The molecule has 1 aliphatic rings. The summed E-state index contributed by atoms with van der Waals surface area (Å²) in [5, 5.41) is 0. The molecule has 0 N–H and O–H groups in total. The average molecular weight is 235 g/mol. The van der Waals surface area contributed by atoms with Gasteiger partial charge in [-0.1, -0.05) is 30.3 Å². The van der Waals surface area contributed by atoms with Gasteiger partial charge in [-0.2, -0.15) is 0 Å². The monoisotopic (exact) mass is 235 g/mol. The summed E-state index contributed by atoms with van der Waals surface area (Å²) in [5.74, 6) is 0. The Kier molecular flexibility index (Phi) is 4.54. The first-order valence-electron chi connectivity index (χ1n) is 6.29. The molecule has 1 heterocycles. The van der Waals surface area contributed by atoms with Crippen molar-refractivity contribution in [2.24, 2.45) is 0 Å². The van der Waals surface area contributed by atoms with Gasteiger partial charge < -0.3 is 9.47 Å². The molecule has 1 aliphatic heterocycles. The van der Waals surface area contributed by atoms with Gasteiger partial charge in [0.15, 0.2) is 6.29 Å². The summed E-state index contributed by atoms with van der Waals surface area (Å²) < 4.78 is 11.3. The van der Waals surface area contributed by atoms with Gasteiger partial charge in [0.2, 0.25) is 0 Å². The molecule has 1 aromatic rings. The molecule has 0 saturated carbocycles. The molecule has 2 atom stereocenters. The molecule has 17 heavy (non-hydrogen) atoms. The molecule has 0 aromatic heterocycles. The number of likely N-dealkylation sites (N-methyl/N-ethyl adjacent to an activating group) is 1. The molecular formula is C14H21NO2. The van der Waals surface area contributed by atoms with Gasteiger partial charge in [-0.3, -0.25) is 4.90 Å². The highest BCUT2D eigenvalue weighted by Gasteiger charge is 2.25. The van der Waals surface area contributed by atoms with Crippen LogP contribution in [0.15, 0.2) is 30.3 Å². The fraction of sp³-hybridized carbons (Fsp3) is 0.571. The lowest BCUT2D eigenvalue weighted by atomic mass is 10.0. The van der Waals surface area contributed by atoms with Gasteiger partial charge in [-0.15, -0.1) is 0 Å². The van der Waals surface area contributed by atoms with E-state index >= 15 is 0 Å². The quantitative estimate of drug-likeness (QED) is 0.803. The third-order valence-corrected chi connectivity index (χ3v) is 3.23. The van der Waals surface area contributed by atoms with Gasteiger partial charge >= 0.3 is 0 Å². The van der Waals surface area contributed by atoms with E-state index < -0.39 is 0 Å². The molecule has 2 rings (SSSR count). The lowest BCUT2D eigenvalue weighted by molar-refractivity contribution is -0.136. The normalized spacial score (nSPS) is 26.7. The SMILES string of the molecule is CCOC1CC(c2ccccc2)N(C)CCO1. The summed E-state index contributed by atoms with van der Waals surface area (Å²) in [6.45, 7) is 4.40. The molecule has 0 aliphatic carbocycles. The van der Waals surface area contributed by atoms with Crippen LogP contribution in [0.5, 0.6) is 0 Å². The minimum absolute atomic E-state index is 0.0739. The largest absolute Gasteiger partial charge is 0.353 e. The number of hydrogen-bond donors (Lipinski definition) is 0. The topological polar surface area (TPSA) is 21.7 Å². The predicted octanol–water partition coefficient (Wildman–Crippen LogP) is 2.44. The van der Waals surface area contributed by atoms with Crippen molar-refractivity contribution in [3.63, 3.8) is 0 Å². The van der Waals surface area contributed by atoms with Crippen molar-refractivity contribution in [1.29, 1.82) is 0 Å². The maximum Gasteiger partial charge on any atom is 0.159 e. The number of ether oxygens (including phenoxy) is 2. The number of nitrogens with zero attached hydrogens (tertiary/aromatic N) is 1. The van der Waals surface area contributed by atoms with Gasteiger partial charge in [0, 0.05) is 25.6 Å². The molecule has 3 nitrogen and oxygen atoms in total. The molecular weight excluding hydrogens is 214 g/mol. The molecule has 94 valence electrons. The molecule has 1 saturated heterocycles. The molecule has 0 amide bonds. The maximum absolute atomic E-state index is 5.70. The van der Waals surface area contributed by atoms with Crippen LogP contribution in [0.25, 0.3) is 0 Å². The Balaban J connectivity index is 2.12. The Morgan fingerprint density at radius 2 is 2.12 bits per heavy atom. The Labute approximate surface area is 103 Å². The Hall–Kier alpha value is -0.900. The van der Waals surface area contributed by atoms with Crippen LogP contribution in [0, 0.1) is 0 Å². The minimum Gasteiger partial charge on any atom is -0.353 e. The van der Waals surface area contributed by atoms with Crippen LogP contribution in [0.3, 0.4) is 0 Å². The third kappa shape index (κ3) is 3.28. The lowest BCUT2D eigenvalue weighted by Crippen LogP contribution is -2.26. The molecule has 0 radical (unpaired) electrons. The third-order valence-electron chi connectivity index (χ3n) is 3.23. The van der Waals surface area contributed by atoms with E-state index in [1.54, 1.807) is 0 Å². The van der Waals surface area contributed by atoms with E-state index in [2.05, 4.69) is 42.3 Å². The summed E-state index contributed by atoms with van der Waals surface area (Å²) >= 11 is 0. The van der Waals surface area contributed by atoms with Crippen molar-refractivity contribution >= 4 is 0 Å². The van der Waals surface area contributed by atoms with Crippen LogP contribution in [0.2, 0.25) is 0 Å². The van der Waals surface area contributed by atoms with Gasteiger partial charge in [0.05, 0.1) is 6.61 Å². The highest BCUT2D eigenvalue weighted by Crippen LogP contribution is 2.27. The summed E-state index contributed by atoms with van der Waals surface area (Å²) in [7, 11) is 2.15. The second-order valence-corrected chi connectivity index (χ2v) is 4.40. The highest BCUT2D eigenvalue weighted by atomic mass is 16.7. The predicted molar refractivity (Wildman–Crippen MR) is 67.8 cm³/mol. The summed E-state index contributed by atoms with van der Waals surface area (Å²) in [6, 6.07) is 11.0. The van der Waals surface area contributed by atoms with Gasteiger partial charge in [-0.25, -0.2) is 0 Å². The Bertz CT molecular complexity index is 328. The number of hydrogen-bond acceptors (Lipinski definition) is 3. The van der Waals surface area contributed by atoms with Crippen molar-refractivity contribution in [2.45, 2.75) is 25.7 Å². The average Bonchev–Trinajstić information content (AvgIpc) is 2.53. The van der Waals surface area contributed by atoms with E-state index in [1.807, 2.05) is 6.92 Å². The van der Waals surface area contributed by atoms with Crippen LogP contribution in [-0.4, -0.2) is 38.0 Å². The van der Waals surface area contributed by atoms with E-state index in [0.29, 0.717) is 12.6 Å². The van der Waals surface area contributed by atoms with Crippen molar-refractivity contribution < 1.29 is 9.47 Å². The minimum atomic E-state index is -0.0739.